The van der Waals surface area contributed by atoms with E-state index in [1.165, 1.54) is 0 Å². The van der Waals surface area contributed by atoms with Gasteiger partial charge in [-0.2, -0.15) is 0 Å². The van der Waals surface area contributed by atoms with Gasteiger partial charge in [-0.25, -0.2) is 0 Å². The maximum Gasteiger partial charge on any atom is 0.257 e. The average molecular weight is 311 g/mol. The number of hydrogen-bond donors (Lipinski definition) is 0. The number of benzene rings is 1. The van der Waals surface area contributed by atoms with E-state index in [0.717, 1.165) is 44.7 Å². The van der Waals surface area contributed by atoms with Gasteiger partial charge >= 0.3 is 0 Å². The Hall–Kier alpha value is -1.26. The van der Waals surface area contributed by atoms with Crippen molar-refractivity contribution in [2.75, 3.05) is 45.7 Å². The van der Waals surface area contributed by atoms with Crippen LogP contribution in [0.1, 0.15) is 22.3 Å². The first-order valence-corrected chi connectivity index (χ1v) is 7.91. The van der Waals surface area contributed by atoms with Gasteiger partial charge in [-0.05, 0) is 32.0 Å². The van der Waals surface area contributed by atoms with Gasteiger partial charge in [0, 0.05) is 32.1 Å². The molecule has 0 N–H and O–H groups in total. The van der Waals surface area contributed by atoms with Crippen molar-refractivity contribution in [2.45, 2.75) is 13.3 Å². The van der Waals surface area contributed by atoms with E-state index < -0.39 is 0 Å². The van der Waals surface area contributed by atoms with Crippen LogP contribution < -0.4 is 4.74 Å². The second kappa shape index (κ2) is 7.66. The van der Waals surface area contributed by atoms with Crippen LogP contribution in [-0.4, -0.2) is 61.4 Å². The number of amides is 1. The second-order valence-electron chi connectivity index (χ2n) is 5.38. The Balaban J connectivity index is 2.11. The summed E-state index contributed by atoms with van der Waals surface area (Å²) in [4.78, 5) is 17.0. The first kappa shape index (κ1) is 16.1. The molecular formula is C16H23ClN2O2. The molecular weight excluding hydrogens is 288 g/mol. The molecule has 21 heavy (non-hydrogen) atoms. The number of halogens is 1. The molecule has 0 aliphatic carbocycles. The molecule has 1 heterocycles. The highest BCUT2D eigenvalue weighted by Crippen LogP contribution is 2.22. The molecule has 0 radical (unpaired) electrons. The lowest BCUT2D eigenvalue weighted by molar-refractivity contribution is 0.0758. The number of ether oxygens (including phenoxy) is 1. The molecule has 0 bridgehead atoms. The van der Waals surface area contributed by atoms with Gasteiger partial charge in [-0.15, -0.1) is 11.6 Å². The van der Waals surface area contributed by atoms with E-state index >= 15 is 0 Å². The maximum atomic E-state index is 12.8. The van der Waals surface area contributed by atoms with E-state index in [1.54, 1.807) is 7.11 Å². The van der Waals surface area contributed by atoms with Crippen molar-refractivity contribution in [2.24, 2.45) is 0 Å². The first-order chi connectivity index (χ1) is 10.2. The van der Waals surface area contributed by atoms with Crippen LogP contribution in [0.4, 0.5) is 0 Å². The minimum Gasteiger partial charge on any atom is -0.496 e. The van der Waals surface area contributed by atoms with E-state index in [9.17, 15) is 4.79 Å². The number of rotatable bonds is 4. The van der Waals surface area contributed by atoms with Crippen molar-refractivity contribution in [3.05, 3.63) is 29.3 Å². The van der Waals surface area contributed by atoms with Crippen LogP contribution >= 0.6 is 11.6 Å². The van der Waals surface area contributed by atoms with Crippen molar-refractivity contribution >= 4 is 17.5 Å². The summed E-state index contributed by atoms with van der Waals surface area (Å²) in [5.74, 6) is 1.34. The summed E-state index contributed by atoms with van der Waals surface area (Å²) < 4.78 is 5.33. The largest absolute Gasteiger partial charge is 0.496 e. The Bertz CT molecular complexity index is 493. The lowest BCUT2D eigenvalue weighted by atomic mass is 10.1. The molecule has 4 nitrogen and oxygen atoms in total. The van der Waals surface area contributed by atoms with E-state index in [4.69, 9.17) is 16.3 Å². The predicted molar refractivity (Wildman–Crippen MR) is 85.4 cm³/mol. The first-order valence-electron chi connectivity index (χ1n) is 7.38. The Kier molecular flexibility index (Phi) is 5.88. The fraction of sp³-hybridized carbons (Fsp3) is 0.562. The number of hydrogen-bond acceptors (Lipinski definition) is 3. The van der Waals surface area contributed by atoms with E-state index in [1.807, 2.05) is 30.0 Å². The van der Waals surface area contributed by atoms with Crippen LogP contribution in [0.15, 0.2) is 18.2 Å². The standard InChI is InChI=1S/C16H23ClN2O2/c1-13-4-5-15(21-2)14(12-13)16(20)19-8-3-7-18(9-6-17)10-11-19/h4-5,12H,3,6-11H2,1-2H3. The Morgan fingerprint density at radius 1 is 1.29 bits per heavy atom. The van der Waals surface area contributed by atoms with Crippen molar-refractivity contribution < 1.29 is 9.53 Å². The van der Waals surface area contributed by atoms with Gasteiger partial charge in [0.05, 0.1) is 12.7 Å². The summed E-state index contributed by atoms with van der Waals surface area (Å²) in [6.07, 6.45) is 0.983. The highest BCUT2D eigenvalue weighted by atomic mass is 35.5. The molecule has 0 spiro atoms. The SMILES string of the molecule is COc1ccc(C)cc1C(=O)N1CCCN(CCCl)CC1. The summed E-state index contributed by atoms with van der Waals surface area (Å²) >= 11 is 5.80. The lowest BCUT2D eigenvalue weighted by Crippen LogP contribution is -2.35. The molecule has 5 heteroatoms. The summed E-state index contributed by atoms with van der Waals surface area (Å²) in [6.45, 7) is 6.29. The second-order valence-corrected chi connectivity index (χ2v) is 5.76. The molecule has 0 atom stereocenters. The van der Waals surface area contributed by atoms with Crippen molar-refractivity contribution in [1.29, 1.82) is 0 Å². The molecule has 0 unspecified atom stereocenters. The Labute approximate surface area is 131 Å². The molecule has 0 aromatic heterocycles. The lowest BCUT2D eigenvalue weighted by Gasteiger charge is -2.22. The number of aryl methyl sites for hydroxylation is 1. The highest BCUT2D eigenvalue weighted by molar-refractivity contribution is 6.18. The van der Waals surface area contributed by atoms with Crippen LogP contribution in [0.5, 0.6) is 5.75 Å². The van der Waals surface area contributed by atoms with E-state index in [0.29, 0.717) is 17.2 Å². The molecule has 1 aromatic carbocycles. The molecule has 1 amide bonds. The molecule has 1 aromatic rings. The third-order valence-corrected chi connectivity index (χ3v) is 4.03. The van der Waals surface area contributed by atoms with Crippen LogP contribution in [0.2, 0.25) is 0 Å². The fourth-order valence-corrected chi connectivity index (χ4v) is 2.92. The molecule has 1 saturated heterocycles. The van der Waals surface area contributed by atoms with Gasteiger partial charge in [0.15, 0.2) is 0 Å². The fourth-order valence-electron chi connectivity index (χ4n) is 2.68. The Morgan fingerprint density at radius 3 is 2.81 bits per heavy atom. The monoisotopic (exact) mass is 310 g/mol. The molecule has 2 rings (SSSR count). The van der Waals surface area contributed by atoms with Crippen molar-refractivity contribution in [3.63, 3.8) is 0 Å². The quantitative estimate of drug-likeness (QED) is 0.801. The molecule has 1 fully saturated rings. The van der Waals surface area contributed by atoms with Gasteiger partial charge in [0.25, 0.3) is 5.91 Å². The average Bonchev–Trinajstić information content (AvgIpc) is 2.72. The zero-order valence-electron chi connectivity index (χ0n) is 12.8. The van der Waals surface area contributed by atoms with Gasteiger partial charge in [0.1, 0.15) is 5.75 Å². The van der Waals surface area contributed by atoms with E-state index in [2.05, 4.69) is 4.90 Å². The van der Waals surface area contributed by atoms with Gasteiger partial charge in [0.2, 0.25) is 0 Å². The van der Waals surface area contributed by atoms with Gasteiger partial charge in [-0.1, -0.05) is 11.6 Å². The zero-order valence-corrected chi connectivity index (χ0v) is 13.5. The third kappa shape index (κ3) is 4.11. The minimum atomic E-state index is 0.0586. The van der Waals surface area contributed by atoms with Crippen molar-refractivity contribution in [3.8, 4) is 5.75 Å². The van der Waals surface area contributed by atoms with Crippen LogP contribution in [0, 0.1) is 6.92 Å². The van der Waals surface area contributed by atoms with Gasteiger partial charge in [-0.3, -0.25) is 4.79 Å². The number of carbonyl (C=O) groups is 1. The van der Waals surface area contributed by atoms with Crippen LogP contribution in [-0.2, 0) is 0 Å². The van der Waals surface area contributed by atoms with Crippen LogP contribution in [0.3, 0.4) is 0 Å². The van der Waals surface area contributed by atoms with Crippen molar-refractivity contribution in [1.82, 2.24) is 9.80 Å². The predicted octanol–water partition coefficient (Wildman–Crippen LogP) is 2.39. The third-order valence-electron chi connectivity index (χ3n) is 3.86. The topological polar surface area (TPSA) is 32.8 Å². The molecule has 1 aliphatic heterocycles. The number of methoxy groups -OCH3 is 1. The number of alkyl halides is 1. The normalized spacial score (nSPS) is 16.6. The van der Waals surface area contributed by atoms with Crippen LogP contribution in [0.25, 0.3) is 0 Å². The van der Waals surface area contributed by atoms with Gasteiger partial charge < -0.3 is 14.5 Å². The smallest absolute Gasteiger partial charge is 0.257 e. The number of carbonyl (C=O) groups excluding carboxylic acids is 1. The number of nitrogens with zero attached hydrogens (tertiary/aromatic N) is 2. The molecule has 116 valence electrons. The molecule has 0 saturated carbocycles. The summed E-state index contributed by atoms with van der Waals surface area (Å²) in [5, 5.41) is 0. The Morgan fingerprint density at radius 2 is 2.10 bits per heavy atom. The maximum absolute atomic E-state index is 12.8. The summed E-state index contributed by atoms with van der Waals surface area (Å²) in [6, 6.07) is 5.73. The van der Waals surface area contributed by atoms with E-state index in [-0.39, 0.29) is 5.91 Å². The minimum absolute atomic E-state index is 0.0586. The summed E-state index contributed by atoms with van der Waals surface area (Å²) in [7, 11) is 1.60. The summed E-state index contributed by atoms with van der Waals surface area (Å²) in [5.41, 5.74) is 1.72. The zero-order chi connectivity index (χ0) is 15.2. The highest BCUT2D eigenvalue weighted by Gasteiger charge is 2.22. The molecule has 1 aliphatic rings.